The molecule has 0 bridgehead atoms. The number of carboxylic acid groups (broad SMARTS) is 2. The lowest BCUT2D eigenvalue weighted by atomic mass is 9.92. The number of nitrogens with one attached hydrogen (secondary N) is 1. The number of nitrogens with two attached hydrogens (primary N) is 1. The molecule has 9 nitrogen and oxygen atoms in total. The Morgan fingerprint density at radius 1 is 1.28 bits per heavy atom. The average molecular weight is 406 g/mol. The van der Waals surface area contributed by atoms with Crippen LogP contribution in [0.15, 0.2) is 23.0 Å². The van der Waals surface area contributed by atoms with Gasteiger partial charge in [-0.25, -0.2) is 14.0 Å². The number of benzene rings is 1. The minimum atomic E-state index is -1.64. The largest absolute Gasteiger partial charge is 0.478 e. The Hall–Kier alpha value is -3.24. The third kappa shape index (κ3) is 4.28. The van der Waals surface area contributed by atoms with Gasteiger partial charge in [-0.3, -0.25) is 4.79 Å². The van der Waals surface area contributed by atoms with Gasteiger partial charge < -0.3 is 30.4 Å². The van der Waals surface area contributed by atoms with E-state index in [1.54, 1.807) is 0 Å². The first-order valence-corrected chi connectivity index (χ1v) is 8.80. The first kappa shape index (κ1) is 20.5. The molecular weight excluding hydrogens is 387 g/mol. The maximum atomic E-state index is 13.9. The van der Waals surface area contributed by atoms with E-state index in [0.29, 0.717) is 6.61 Å². The highest BCUT2D eigenvalue weighted by Gasteiger charge is 2.28. The van der Waals surface area contributed by atoms with Crippen LogP contribution in [0.5, 0.6) is 0 Å². The Kier molecular flexibility index (Phi) is 5.95. The van der Waals surface area contributed by atoms with Crippen LogP contribution >= 0.6 is 0 Å². The number of carbonyl (C=O) groups is 2. The van der Waals surface area contributed by atoms with Crippen molar-refractivity contribution in [1.82, 2.24) is 4.98 Å². The van der Waals surface area contributed by atoms with Crippen molar-refractivity contribution in [2.24, 2.45) is 0 Å². The molecule has 154 valence electrons. The number of ether oxygens (including phenoxy) is 2. The van der Waals surface area contributed by atoms with Gasteiger partial charge in [0, 0.05) is 12.2 Å². The number of aromatic nitrogens is 1. The minimum Gasteiger partial charge on any atom is -0.478 e. The van der Waals surface area contributed by atoms with Crippen LogP contribution in [0, 0.1) is 5.82 Å². The van der Waals surface area contributed by atoms with Crippen molar-refractivity contribution in [3.63, 3.8) is 0 Å². The SMILES string of the molecule is Nc1[nH]c(=O)c(C(=O)O)c(-c2ccc(F)cc2COCC2CCCO2)c1C(=O)O. The molecule has 3 rings (SSSR count). The summed E-state index contributed by atoms with van der Waals surface area (Å²) in [5.74, 6) is -4.31. The Balaban J connectivity index is 2.11. The van der Waals surface area contributed by atoms with Crippen LogP contribution in [0.4, 0.5) is 10.2 Å². The lowest BCUT2D eigenvalue weighted by molar-refractivity contribution is 0.0106. The summed E-state index contributed by atoms with van der Waals surface area (Å²) in [7, 11) is 0. The van der Waals surface area contributed by atoms with Gasteiger partial charge in [0.1, 0.15) is 22.8 Å². The molecule has 29 heavy (non-hydrogen) atoms. The fraction of sp³-hybridized carbons (Fsp3) is 0.316. The molecule has 1 unspecified atom stereocenters. The third-order valence-corrected chi connectivity index (χ3v) is 4.59. The van der Waals surface area contributed by atoms with Gasteiger partial charge in [0.2, 0.25) is 0 Å². The molecule has 2 aromatic rings. The Bertz CT molecular complexity index is 1010. The lowest BCUT2D eigenvalue weighted by Crippen LogP contribution is -2.24. The van der Waals surface area contributed by atoms with Gasteiger partial charge >= 0.3 is 11.9 Å². The zero-order chi connectivity index (χ0) is 21.1. The molecule has 0 aliphatic carbocycles. The summed E-state index contributed by atoms with van der Waals surface area (Å²) in [5.41, 5.74) is 3.00. The third-order valence-electron chi connectivity index (χ3n) is 4.59. The maximum Gasteiger partial charge on any atom is 0.342 e. The van der Waals surface area contributed by atoms with E-state index < -0.39 is 45.8 Å². The monoisotopic (exact) mass is 406 g/mol. The van der Waals surface area contributed by atoms with Gasteiger partial charge in [0.05, 0.1) is 19.3 Å². The second kappa shape index (κ2) is 8.41. The van der Waals surface area contributed by atoms with Crippen molar-refractivity contribution in [1.29, 1.82) is 0 Å². The Morgan fingerprint density at radius 2 is 2.00 bits per heavy atom. The normalized spacial score (nSPS) is 16.1. The van der Waals surface area contributed by atoms with Crippen molar-refractivity contribution in [2.75, 3.05) is 18.9 Å². The van der Waals surface area contributed by atoms with Crippen molar-refractivity contribution in [2.45, 2.75) is 25.6 Å². The van der Waals surface area contributed by atoms with Gasteiger partial charge in [-0.2, -0.15) is 0 Å². The lowest BCUT2D eigenvalue weighted by Gasteiger charge is -2.17. The van der Waals surface area contributed by atoms with Crippen molar-refractivity contribution < 1.29 is 33.7 Å². The Labute approximate surface area is 163 Å². The van der Waals surface area contributed by atoms with Crippen LogP contribution in [0.3, 0.4) is 0 Å². The number of H-pyrrole nitrogens is 1. The molecule has 1 aromatic carbocycles. The van der Waals surface area contributed by atoms with Gasteiger partial charge in [-0.05, 0) is 36.1 Å². The smallest absolute Gasteiger partial charge is 0.342 e. The quantitative estimate of drug-likeness (QED) is 0.544. The fourth-order valence-corrected chi connectivity index (χ4v) is 3.32. The minimum absolute atomic E-state index is 0.0336. The van der Waals surface area contributed by atoms with Crippen molar-refractivity contribution in [3.05, 3.63) is 51.1 Å². The maximum absolute atomic E-state index is 13.9. The molecule has 2 heterocycles. The molecular formula is C19H19FN2O7. The van der Waals surface area contributed by atoms with E-state index in [9.17, 15) is 29.0 Å². The summed E-state index contributed by atoms with van der Waals surface area (Å²) >= 11 is 0. The predicted molar refractivity (Wildman–Crippen MR) is 99.4 cm³/mol. The molecule has 0 spiro atoms. The molecule has 1 aromatic heterocycles. The molecule has 1 aliphatic rings. The number of hydrogen-bond acceptors (Lipinski definition) is 6. The number of nitrogen functional groups attached to an aromatic ring is 1. The van der Waals surface area contributed by atoms with E-state index in [1.165, 1.54) is 6.07 Å². The average Bonchev–Trinajstić information content (AvgIpc) is 3.14. The van der Waals surface area contributed by atoms with E-state index >= 15 is 0 Å². The fourth-order valence-electron chi connectivity index (χ4n) is 3.32. The summed E-state index contributed by atoms with van der Waals surface area (Å²) in [6, 6.07) is 3.33. The zero-order valence-corrected chi connectivity index (χ0v) is 15.2. The zero-order valence-electron chi connectivity index (χ0n) is 15.2. The van der Waals surface area contributed by atoms with E-state index in [4.69, 9.17) is 15.2 Å². The van der Waals surface area contributed by atoms with Gasteiger partial charge in [-0.15, -0.1) is 0 Å². The highest BCUT2D eigenvalue weighted by molar-refractivity contribution is 6.07. The molecule has 1 saturated heterocycles. The molecule has 0 saturated carbocycles. The molecule has 1 atom stereocenters. The summed E-state index contributed by atoms with van der Waals surface area (Å²) in [5, 5.41) is 19.0. The number of anilines is 1. The number of rotatable bonds is 7. The van der Waals surface area contributed by atoms with E-state index in [-0.39, 0.29) is 30.4 Å². The number of hydrogen-bond donors (Lipinski definition) is 4. The second-order valence-corrected chi connectivity index (χ2v) is 6.55. The van der Waals surface area contributed by atoms with Crippen LogP contribution in [-0.2, 0) is 16.1 Å². The summed E-state index contributed by atoms with van der Waals surface area (Å²) in [6.45, 7) is 0.734. The topological polar surface area (TPSA) is 152 Å². The standard InChI is InChI=1S/C19H19FN2O7/c20-10-3-4-12(9(6-10)7-28-8-11-2-1-5-29-11)13-14(18(24)25)16(21)22-17(23)15(13)19(26)27/h3-4,6,11H,1-2,5,7-8H2,(H,24,25)(H,26,27)(H3,21,22,23). The highest BCUT2D eigenvalue weighted by Crippen LogP contribution is 2.32. The Morgan fingerprint density at radius 3 is 2.62 bits per heavy atom. The first-order chi connectivity index (χ1) is 13.8. The summed E-state index contributed by atoms with van der Waals surface area (Å²) in [4.78, 5) is 37.7. The number of aromatic carboxylic acids is 2. The molecule has 5 N–H and O–H groups in total. The molecule has 1 aliphatic heterocycles. The van der Waals surface area contributed by atoms with Crippen LogP contribution in [0.1, 0.15) is 39.1 Å². The van der Waals surface area contributed by atoms with E-state index in [0.717, 1.165) is 25.0 Å². The molecule has 1 fully saturated rings. The number of halogens is 1. The van der Waals surface area contributed by atoms with Gasteiger partial charge in [-0.1, -0.05) is 6.07 Å². The van der Waals surface area contributed by atoms with Crippen LogP contribution in [0.2, 0.25) is 0 Å². The summed E-state index contributed by atoms with van der Waals surface area (Å²) < 4.78 is 24.9. The molecule has 0 amide bonds. The van der Waals surface area contributed by atoms with Crippen LogP contribution in [-0.4, -0.2) is 46.5 Å². The van der Waals surface area contributed by atoms with E-state index in [2.05, 4.69) is 0 Å². The van der Waals surface area contributed by atoms with Crippen LogP contribution in [0.25, 0.3) is 11.1 Å². The predicted octanol–water partition coefficient (Wildman–Crippen LogP) is 1.86. The molecule has 0 radical (unpaired) electrons. The van der Waals surface area contributed by atoms with Gasteiger partial charge in [0.15, 0.2) is 0 Å². The summed E-state index contributed by atoms with van der Waals surface area (Å²) in [6.07, 6.45) is 1.65. The molecule has 10 heteroatoms. The van der Waals surface area contributed by atoms with Crippen molar-refractivity contribution >= 4 is 17.8 Å². The highest BCUT2D eigenvalue weighted by atomic mass is 19.1. The van der Waals surface area contributed by atoms with Crippen LogP contribution < -0.4 is 11.3 Å². The number of aromatic amines is 1. The van der Waals surface area contributed by atoms with E-state index in [1.807, 2.05) is 4.98 Å². The second-order valence-electron chi connectivity index (χ2n) is 6.55. The number of carboxylic acids is 2. The first-order valence-electron chi connectivity index (χ1n) is 8.80. The number of pyridine rings is 1. The van der Waals surface area contributed by atoms with Gasteiger partial charge in [0.25, 0.3) is 5.56 Å². The van der Waals surface area contributed by atoms with Crippen molar-refractivity contribution in [3.8, 4) is 11.1 Å².